The number of amides is 1. The Bertz CT molecular complexity index is 857. The molecule has 0 fully saturated rings. The molecule has 1 N–H and O–H groups in total. The third kappa shape index (κ3) is 4.30. The summed E-state index contributed by atoms with van der Waals surface area (Å²) in [5.74, 6) is -0.455. The van der Waals surface area contributed by atoms with E-state index in [2.05, 4.69) is 5.32 Å². The number of carbonyl (C=O) groups is 2. The van der Waals surface area contributed by atoms with Gasteiger partial charge < -0.3 is 19.5 Å². The van der Waals surface area contributed by atoms with Crippen molar-refractivity contribution >= 4 is 17.6 Å². The van der Waals surface area contributed by atoms with Gasteiger partial charge in [-0.05, 0) is 31.2 Å². The second kappa shape index (κ2) is 8.53. The van der Waals surface area contributed by atoms with Crippen LogP contribution in [-0.2, 0) is 9.53 Å². The summed E-state index contributed by atoms with van der Waals surface area (Å²) in [7, 11) is 2.92. The van der Waals surface area contributed by atoms with E-state index in [1.165, 1.54) is 27.2 Å². The SMILES string of the molecule is COc1ccc(C(=O)O[C@H](C)C(=O)Nc2ccccc2C#N)c(OC)c1. The number of benzene rings is 2. The van der Waals surface area contributed by atoms with Crippen LogP contribution >= 0.6 is 0 Å². The van der Waals surface area contributed by atoms with E-state index in [-0.39, 0.29) is 11.3 Å². The number of hydrogen-bond donors (Lipinski definition) is 1. The predicted octanol–water partition coefficient (Wildman–Crippen LogP) is 2.76. The fraction of sp³-hybridized carbons (Fsp3) is 0.211. The van der Waals surface area contributed by atoms with Gasteiger partial charge in [0.1, 0.15) is 23.1 Å². The fourth-order valence-corrected chi connectivity index (χ4v) is 2.17. The minimum absolute atomic E-state index is 0.172. The number of para-hydroxylation sites is 1. The molecule has 0 aliphatic rings. The zero-order valence-corrected chi connectivity index (χ0v) is 14.6. The maximum Gasteiger partial charge on any atom is 0.342 e. The summed E-state index contributed by atoms with van der Waals surface area (Å²) < 4.78 is 15.4. The van der Waals surface area contributed by atoms with Crippen LogP contribution in [0.15, 0.2) is 42.5 Å². The standard InChI is InChI=1S/C19H18N2O5/c1-12(18(22)21-16-7-5-4-6-13(16)11-20)26-19(23)15-9-8-14(24-2)10-17(15)25-3/h4-10,12H,1-3H3,(H,21,22)/t12-/m1/s1. The molecule has 1 atom stereocenters. The Morgan fingerprint density at radius 3 is 2.50 bits per heavy atom. The molecule has 0 aromatic heterocycles. The number of nitrogens with one attached hydrogen (secondary N) is 1. The number of ether oxygens (including phenoxy) is 3. The molecule has 0 bridgehead atoms. The van der Waals surface area contributed by atoms with Crippen molar-refractivity contribution in [1.82, 2.24) is 0 Å². The van der Waals surface area contributed by atoms with Crippen LogP contribution < -0.4 is 14.8 Å². The number of rotatable bonds is 6. The molecule has 2 rings (SSSR count). The molecule has 0 saturated carbocycles. The summed E-state index contributed by atoms with van der Waals surface area (Å²) in [5, 5.41) is 11.6. The monoisotopic (exact) mass is 354 g/mol. The normalized spacial score (nSPS) is 11.0. The number of anilines is 1. The van der Waals surface area contributed by atoms with Crippen molar-refractivity contribution in [3.05, 3.63) is 53.6 Å². The van der Waals surface area contributed by atoms with Gasteiger partial charge in [0.15, 0.2) is 6.10 Å². The van der Waals surface area contributed by atoms with Gasteiger partial charge in [0.2, 0.25) is 0 Å². The van der Waals surface area contributed by atoms with E-state index in [4.69, 9.17) is 19.5 Å². The quantitative estimate of drug-likeness (QED) is 0.801. The summed E-state index contributed by atoms with van der Waals surface area (Å²) >= 11 is 0. The molecule has 2 aromatic rings. The third-order valence-electron chi connectivity index (χ3n) is 3.59. The average Bonchev–Trinajstić information content (AvgIpc) is 2.67. The number of hydrogen-bond acceptors (Lipinski definition) is 6. The van der Waals surface area contributed by atoms with E-state index in [1.54, 1.807) is 36.4 Å². The maximum atomic E-state index is 12.3. The molecule has 0 heterocycles. The van der Waals surface area contributed by atoms with Crippen molar-refractivity contribution < 1.29 is 23.8 Å². The van der Waals surface area contributed by atoms with Crippen LogP contribution in [0.3, 0.4) is 0 Å². The highest BCUT2D eigenvalue weighted by Gasteiger charge is 2.22. The maximum absolute atomic E-state index is 12.3. The molecule has 7 heteroatoms. The average molecular weight is 354 g/mol. The van der Waals surface area contributed by atoms with Gasteiger partial charge in [-0.15, -0.1) is 0 Å². The highest BCUT2D eigenvalue weighted by molar-refractivity contribution is 5.99. The number of nitrogens with zero attached hydrogens (tertiary/aromatic N) is 1. The van der Waals surface area contributed by atoms with Gasteiger partial charge in [-0.25, -0.2) is 4.79 Å². The highest BCUT2D eigenvalue weighted by atomic mass is 16.5. The van der Waals surface area contributed by atoms with Crippen molar-refractivity contribution in [1.29, 1.82) is 5.26 Å². The van der Waals surface area contributed by atoms with E-state index in [1.807, 2.05) is 6.07 Å². The molecule has 7 nitrogen and oxygen atoms in total. The first-order chi connectivity index (χ1) is 12.5. The highest BCUT2D eigenvalue weighted by Crippen LogP contribution is 2.25. The molecule has 134 valence electrons. The fourth-order valence-electron chi connectivity index (χ4n) is 2.17. The number of carbonyl (C=O) groups excluding carboxylic acids is 2. The van der Waals surface area contributed by atoms with Gasteiger partial charge in [-0.3, -0.25) is 4.79 Å². The molecular formula is C19H18N2O5. The lowest BCUT2D eigenvalue weighted by atomic mass is 10.2. The molecule has 0 aliphatic heterocycles. The smallest absolute Gasteiger partial charge is 0.342 e. The van der Waals surface area contributed by atoms with Crippen molar-refractivity contribution in [3.63, 3.8) is 0 Å². The largest absolute Gasteiger partial charge is 0.497 e. The van der Waals surface area contributed by atoms with E-state index < -0.39 is 18.0 Å². The summed E-state index contributed by atoms with van der Waals surface area (Å²) in [6.07, 6.45) is -1.07. The number of esters is 1. The van der Waals surface area contributed by atoms with Crippen LogP contribution in [-0.4, -0.2) is 32.2 Å². The van der Waals surface area contributed by atoms with Crippen molar-refractivity contribution in [2.24, 2.45) is 0 Å². The van der Waals surface area contributed by atoms with E-state index in [0.29, 0.717) is 17.0 Å². The Labute approximate surface area is 151 Å². The molecule has 0 spiro atoms. The van der Waals surface area contributed by atoms with Crippen LogP contribution in [0.4, 0.5) is 5.69 Å². The molecule has 0 saturated heterocycles. The molecule has 2 aromatic carbocycles. The molecule has 26 heavy (non-hydrogen) atoms. The Kier molecular flexibility index (Phi) is 6.17. The third-order valence-corrected chi connectivity index (χ3v) is 3.59. The summed E-state index contributed by atoms with van der Waals surface area (Å²) in [6.45, 7) is 1.44. The van der Waals surface area contributed by atoms with Crippen LogP contribution in [0.1, 0.15) is 22.8 Å². The molecule has 0 unspecified atom stereocenters. The van der Waals surface area contributed by atoms with Crippen LogP contribution in [0, 0.1) is 11.3 Å². The second-order valence-electron chi connectivity index (χ2n) is 5.26. The Morgan fingerprint density at radius 2 is 1.85 bits per heavy atom. The lowest BCUT2D eigenvalue weighted by Crippen LogP contribution is -2.30. The van der Waals surface area contributed by atoms with Gasteiger partial charge in [0, 0.05) is 6.07 Å². The zero-order chi connectivity index (χ0) is 19.1. The van der Waals surface area contributed by atoms with Crippen molar-refractivity contribution in [2.75, 3.05) is 19.5 Å². The summed E-state index contributed by atoms with van der Waals surface area (Å²) in [5.41, 5.74) is 0.839. The van der Waals surface area contributed by atoms with Crippen molar-refractivity contribution in [3.8, 4) is 17.6 Å². The van der Waals surface area contributed by atoms with Crippen molar-refractivity contribution in [2.45, 2.75) is 13.0 Å². The topological polar surface area (TPSA) is 97.6 Å². The first kappa shape index (κ1) is 18.8. The Hall–Kier alpha value is -3.53. The lowest BCUT2D eigenvalue weighted by molar-refractivity contribution is -0.123. The van der Waals surface area contributed by atoms with Gasteiger partial charge >= 0.3 is 5.97 Å². The zero-order valence-electron chi connectivity index (χ0n) is 14.6. The van der Waals surface area contributed by atoms with E-state index in [0.717, 1.165) is 0 Å². The van der Waals surface area contributed by atoms with Gasteiger partial charge in [0.25, 0.3) is 5.91 Å². The summed E-state index contributed by atoms with van der Waals surface area (Å²) in [4.78, 5) is 24.6. The van der Waals surface area contributed by atoms with Gasteiger partial charge in [-0.1, -0.05) is 12.1 Å². The number of nitriles is 1. The van der Waals surface area contributed by atoms with Crippen LogP contribution in [0.5, 0.6) is 11.5 Å². The van der Waals surface area contributed by atoms with Gasteiger partial charge in [-0.2, -0.15) is 5.26 Å². The van der Waals surface area contributed by atoms with Crippen LogP contribution in [0.2, 0.25) is 0 Å². The first-order valence-electron chi connectivity index (χ1n) is 7.73. The molecule has 0 aliphatic carbocycles. The van der Waals surface area contributed by atoms with E-state index in [9.17, 15) is 9.59 Å². The molecule has 0 radical (unpaired) electrons. The lowest BCUT2D eigenvalue weighted by Gasteiger charge is -2.15. The predicted molar refractivity (Wildman–Crippen MR) is 94.2 cm³/mol. The Balaban J connectivity index is 2.09. The Morgan fingerprint density at radius 1 is 1.12 bits per heavy atom. The second-order valence-corrected chi connectivity index (χ2v) is 5.26. The number of methoxy groups -OCH3 is 2. The first-order valence-corrected chi connectivity index (χ1v) is 7.73. The van der Waals surface area contributed by atoms with E-state index >= 15 is 0 Å². The minimum Gasteiger partial charge on any atom is -0.497 e. The summed E-state index contributed by atoms with van der Waals surface area (Å²) in [6, 6.07) is 13.2. The molecular weight excluding hydrogens is 336 g/mol. The minimum atomic E-state index is -1.07. The molecule has 1 amide bonds. The van der Waals surface area contributed by atoms with Crippen LogP contribution in [0.25, 0.3) is 0 Å². The van der Waals surface area contributed by atoms with Gasteiger partial charge in [0.05, 0.1) is 25.5 Å².